The van der Waals surface area contributed by atoms with Crippen molar-refractivity contribution in [1.29, 1.82) is 0 Å². The first-order valence-corrected chi connectivity index (χ1v) is 11.2. The van der Waals surface area contributed by atoms with E-state index in [9.17, 15) is 9.59 Å². The quantitative estimate of drug-likeness (QED) is 0.307. The lowest BCUT2D eigenvalue weighted by Gasteiger charge is -2.18. The van der Waals surface area contributed by atoms with Crippen LogP contribution in [0, 0.1) is 0 Å². The number of halogens is 2. The van der Waals surface area contributed by atoms with Crippen LogP contribution in [0.5, 0.6) is 5.75 Å². The number of anilines is 1. The van der Waals surface area contributed by atoms with Crippen molar-refractivity contribution in [3.05, 3.63) is 63.2 Å². The number of nitrogens with zero attached hydrogens (tertiary/aromatic N) is 1. The summed E-state index contributed by atoms with van der Waals surface area (Å²) in [5, 5.41) is 6.53. The van der Waals surface area contributed by atoms with Gasteiger partial charge in [-0.25, -0.2) is 14.6 Å². The summed E-state index contributed by atoms with van der Waals surface area (Å²) < 4.78 is 16.3. The van der Waals surface area contributed by atoms with E-state index in [2.05, 4.69) is 31.5 Å². The number of nitrogens with one attached hydrogen (secondary N) is 2. The van der Waals surface area contributed by atoms with Crippen LogP contribution < -0.4 is 15.4 Å². The third-order valence-corrected chi connectivity index (χ3v) is 5.91. The Morgan fingerprint density at radius 1 is 1.18 bits per heavy atom. The van der Waals surface area contributed by atoms with Gasteiger partial charge in [0.25, 0.3) is 0 Å². The van der Waals surface area contributed by atoms with Crippen LogP contribution in [0.3, 0.4) is 0 Å². The minimum Gasteiger partial charge on any atom is -0.486 e. The standard InChI is InChI=1S/C22H19BrClN3O5S/c1-3-31-22(29)27-21(33)26-19-15-13(9-10-14(24)16(15)23)18(17(25-19)20(28)30-2)32-11-12-7-5-4-6-8-12/h4-10H,3,11H2,1-2H3,(H2,25,26,27,29,33). The Balaban J connectivity index is 2.11. The van der Waals surface area contributed by atoms with Gasteiger partial charge in [-0.15, -0.1) is 0 Å². The summed E-state index contributed by atoms with van der Waals surface area (Å²) in [4.78, 5) is 28.7. The first kappa shape index (κ1) is 24.7. The molecule has 0 spiro atoms. The smallest absolute Gasteiger partial charge is 0.413 e. The van der Waals surface area contributed by atoms with Crippen LogP contribution in [0.15, 0.2) is 46.9 Å². The number of benzene rings is 2. The van der Waals surface area contributed by atoms with Crippen LogP contribution >= 0.6 is 39.7 Å². The summed E-state index contributed by atoms with van der Waals surface area (Å²) >= 11 is 15.0. The van der Waals surface area contributed by atoms with Crippen LogP contribution in [-0.4, -0.2) is 35.9 Å². The molecule has 11 heteroatoms. The molecule has 8 nitrogen and oxygen atoms in total. The molecule has 3 aromatic rings. The Labute approximate surface area is 208 Å². The van der Waals surface area contributed by atoms with Gasteiger partial charge in [-0.2, -0.15) is 0 Å². The maximum Gasteiger partial charge on any atom is 0.413 e. The van der Waals surface area contributed by atoms with Gasteiger partial charge < -0.3 is 19.5 Å². The Kier molecular flexibility index (Phi) is 8.43. The molecule has 0 atom stereocenters. The van der Waals surface area contributed by atoms with E-state index in [1.54, 1.807) is 19.1 Å². The number of fused-ring (bicyclic) bond motifs is 1. The van der Waals surface area contributed by atoms with E-state index in [-0.39, 0.29) is 35.6 Å². The molecule has 33 heavy (non-hydrogen) atoms. The third-order valence-electron chi connectivity index (χ3n) is 4.34. The van der Waals surface area contributed by atoms with E-state index in [4.69, 9.17) is 38.0 Å². The number of amides is 1. The largest absolute Gasteiger partial charge is 0.486 e. The topological polar surface area (TPSA) is 98.8 Å². The molecule has 0 unspecified atom stereocenters. The van der Waals surface area contributed by atoms with E-state index in [1.807, 2.05) is 30.3 Å². The van der Waals surface area contributed by atoms with Crippen LogP contribution in [0.4, 0.5) is 10.6 Å². The summed E-state index contributed by atoms with van der Waals surface area (Å²) in [7, 11) is 1.24. The van der Waals surface area contributed by atoms with Crippen molar-refractivity contribution in [3.63, 3.8) is 0 Å². The number of hydrogen-bond acceptors (Lipinski definition) is 7. The SMILES string of the molecule is CCOC(=O)NC(=S)Nc1nc(C(=O)OC)c(OCc2ccccc2)c2ccc(Cl)c(Br)c12. The molecule has 0 saturated heterocycles. The molecule has 0 saturated carbocycles. The predicted molar refractivity (Wildman–Crippen MR) is 133 cm³/mol. The molecule has 0 aliphatic carbocycles. The highest BCUT2D eigenvalue weighted by molar-refractivity contribution is 9.10. The summed E-state index contributed by atoms with van der Waals surface area (Å²) in [6, 6.07) is 12.8. The van der Waals surface area contributed by atoms with Gasteiger partial charge in [-0.3, -0.25) is 5.32 Å². The molecular formula is C22H19BrClN3O5S. The second-order valence-electron chi connectivity index (χ2n) is 6.49. The third kappa shape index (κ3) is 5.89. The average Bonchev–Trinajstić information content (AvgIpc) is 2.80. The maximum absolute atomic E-state index is 12.6. The van der Waals surface area contributed by atoms with Crippen molar-refractivity contribution in [2.75, 3.05) is 19.0 Å². The Morgan fingerprint density at radius 2 is 1.91 bits per heavy atom. The number of methoxy groups -OCH3 is 1. The Hall–Kier alpha value is -2.95. The number of alkyl carbamates (subject to hydrolysis) is 1. The molecule has 0 aliphatic rings. The van der Waals surface area contributed by atoms with Gasteiger partial charge >= 0.3 is 12.1 Å². The van der Waals surface area contributed by atoms with Gasteiger partial charge in [0.05, 0.1) is 18.7 Å². The molecule has 0 aliphatic heterocycles. The zero-order valence-electron chi connectivity index (χ0n) is 17.6. The van der Waals surface area contributed by atoms with Gasteiger partial charge in [0, 0.05) is 15.2 Å². The lowest BCUT2D eigenvalue weighted by Crippen LogP contribution is -2.35. The van der Waals surface area contributed by atoms with Crippen molar-refractivity contribution < 1.29 is 23.8 Å². The van der Waals surface area contributed by atoms with Gasteiger partial charge in [0.2, 0.25) is 0 Å². The van der Waals surface area contributed by atoms with Gasteiger partial charge in [0.1, 0.15) is 12.4 Å². The molecule has 1 heterocycles. The Bertz CT molecular complexity index is 1210. The molecule has 2 aromatic carbocycles. The number of rotatable bonds is 6. The summed E-state index contributed by atoms with van der Waals surface area (Å²) in [6.07, 6.45) is -0.729. The average molecular weight is 553 g/mol. The fourth-order valence-electron chi connectivity index (χ4n) is 2.92. The summed E-state index contributed by atoms with van der Waals surface area (Å²) in [5.74, 6) is -0.333. The highest BCUT2D eigenvalue weighted by Crippen LogP contribution is 2.41. The number of hydrogen-bond donors (Lipinski definition) is 2. The zero-order chi connectivity index (χ0) is 24.0. The minimum absolute atomic E-state index is 0.0726. The number of carbonyl (C=O) groups excluding carboxylic acids is 2. The number of carbonyl (C=O) groups is 2. The van der Waals surface area contributed by atoms with E-state index in [1.165, 1.54) is 7.11 Å². The zero-order valence-corrected chi connectivity index (χ0v) is 20.8. The molecule has 172 valence electrons. The number of aromatic nitrogens is 1. The van der Waals surface area contributed by atoms with Crippen molar-refractivity contribution >= 4 is 73.5 Å². The molecule has 0 fully saturated rings. The van der Waals surface area contributed by atoms with Gasteiger partial charge in [0.15, 0.2) is 16.6 Å². The van der Waals surface area contributed by atoms with Crippen molar-refractivity contribution in [3.8, 4) is 5.75 Å². The lowest BCUT2D eigenvalue weighted by molar-refractivity contribution is 0.0589. The van der Waals surface area contributed by atoms with Crippen LogP contribution in [0.1, 0.15) is 23.0 Å². The molecule has 2 N–H and O–H groups in total. The number of ether oxygens (including phenoxy) is 3. The van der Waals surface area contributed by atoms with E-state index in [0.717, 1.165) is 5.56 Å². The van der Waals surface area contributed by atoms with E-state index >= 15 is 0 Å². The number of esters is 1. The summed E-state index contributed by atoms with van der Waals surface area (Å²) in [6.45, 7) is 2.04. The molecule has 0 radical (unpaired) electrons. The van der Waals surface area contributed by atoms with E-state index in [0.29, 0.717) is 20.3 Å². The Morgan fingerprint density at radius 3 is 2.58 bits per heavy atom. The van der Waals surface area contributed by atoms with Crippen LogP contribution in [0.2, 0.25) is 5.02 Å². The molecule has 3 rings (SSSR count). The lowest BCUT2D eigenvalue weighted by atomic mass is 10.1. The van der Waals surface area contributed by atoms with Gasteiger partial charge in [-0.1, -0.05) is 41.9 Å². The van der Waals surface area contributed by atoms with E-state index < -0.39 is 12.1 Å². The fourth-order valence-corrected chi connectivity index (χ4v) is 3.79. The van der Waals surface area contributed by atoms with Gasteiger partial charge in [-0.05, 0) is 52.8 Å². The highest BCUT2D eigenvalue weighted by Gasteiger charge is 2.24. The normalized spacial score (nSPS) is 10.4. The maximum atomic E-state index is 12.6. The van der Waals surface area contributed by atoms with Crippen LogP contribution in [0.25, 0.3) is 10.8 Å². The van der Waals surface area contributed by atoms with Crippen molar-refractivity contribution in [2.24, 2.45) is 0 Å². The molecular weight excluding hydrogens is 534 g/mol. The first-order valence-electron chi connectivity index (χ1n) is 9.67. The second kappa shape index (κ2) is 11.3. The monoisotopic (exact) mass is 551 g/mol. The molecule has 1 aromatic heterocycles. The minimum atomic E-state index is -0.729. The summed E-state index contributed by atoms with van der Waals surface area (Å²) in [5.41, 5.74) is 0.827. The van der Waals surface area contributed by atoms with Crippen LogP contribution in [-0.2, 0) is 16.1 Å². The van der Waals surface area contributed by atoms with Crippen molar-refractivity contribution in [2.45, 2.75) is 13.5 Å². The second-order valence-corrected chi connectivity index (χ2v) is 8.10. The predicted octanol–water partition coefficient (Wildman–Crippen LogP) is 5.46. The highest BCUT2D eigenvalue weighted by atomic mass is 79.9. The first-order chi connectivity index (χ1) is 15.8. The molecule has 0 bridgehead atoms. The molecule has 1 amide bonds. The fraction of sp³-hybridized carbons (Fsp3) is 0.182. The number of thiocarbonyl (C=S) groups is 1. The number of pyridine rings is 1. The van der Waals surface area contributed by atoms with Crippen molar-refractivity contribution in [1.82, 2.24) is 10.3 Å².